The van der Waals surface area contributed by atoms with Crippen LogP contribution in [0.2, 0.25) is 0 Å². The number of pyridine rings is 1. The first-order valence-corrected chi connectivity index (χ1v) is 6.99. The number of carbonyl (C=O) groups is 1. The number of aromatic nitrogens is 3. The summed E-state index contributed by atoms with van der Waals surface area (Å²) in [6.07, 6.45) is 2.12. The average molecular weight is 273 g/mol. The molecule has 1 saturated heterocycles. The van der Waals surface area contributed by atoms with E-state index in [1.807, 2.05) is 19.9 Å². The van der Waals surface area contributed by atoms with Gasteiger partial charge in [0.15, 0.2) is 5.65 Å². The first-order chi connectivity index (χ1) is 9.65. The Balaban J connectivity index is 1.92. The molecule has 1 amide bonds. The predicted molar refractivity (Wildman–Crippen MR) is 76.7 cm³/mol. The van der Waals surface area contributed by atoms with Crippen molar-refractivity contribution in [2.24, 2.45) is 0 Å². The molecule has 1 fully saturated rings. The lowest BCUT2D eigenvalue weighted by Gasteiger charge is -2.24. The molecule has 1 aliphatic heterocycles. The van der Waals surface area contributed by atoms with Crippen LogP contribution in [-0.2, 0) is 0 Å². The highest BCUT2D eigenvalue weighted by Gasteiger charge is 2.20. The lowest BCUT2D eigenvalue weighted by atomic mass is 10.1. The van der Waals surface area contributed by atoms with Gasteiger partial charge in [-0.3, -0.25) is 9.89 Å². The zero-order chi connectivity index (χ0) is 14.1. The van der Waals surface area contributed by atoms with Crippen molar-refractivity contribution in [3.63, 3.8) is 0 Å². The number of nitrogens with one attached hydrogen (secondary N) is 3. The van der Waals surface area contributed by atoms with E-state index in [2.05, 4.69) is 25.8 Å². The van der Waals surface area contributed by atoms with Crippen LogP contribution in [0.3, 0.4) is 0 Å². The Morgan fingerprint density at radius 3 is 3.05 bits per heavy atom. The summed E-state index contributed by atoms with van der Waals surface area (Å²) in [5.74, 6) is -0.0429. The fraction of sp³-hybridized carbons (Fsp3) is 0.500. The number of carbonyl (C=O) groups excluding carboxylic acids is 1. The second-order valence-corrected chi connectivity index (χ2v) is 5.38. The van der Waals surface area contributed by atoms with Crippen molar-refractivity contribution in [1.82, 2.24) is 25.8 Å². The summed E-state index contributed by atoms with van der Waals surface area (Å²) in [5.41, 5.74) is 2.94. The molecule has 106 valence electrons. The third-order valence-electron chi connectivity index (χ3n) is 3.71. The molecule has 2 aromatic rings. The van der Waals surface area contributed by atoms with E-state index in [-0.39, 0.29) is 11.9 Å². The van der Waals surface area contributed by atoms with Crippen LogP contribution >= 0.6 is 0 Å². The molecule has 1 aliphatic rings. The third kappa shape index (κ3) is 2.38. The van der Waals surface area contributed by atoms with Crippen molar-refractivity contribution in [1.29, 1.82) is 0 Å². The fourth-order valence-electron chi connectivity index (χ4n) is 2.72. The number of nitrogens with zero attached hydrogens (tertiary/aromatic N) is 2. The SMILES string of the molecule is Cc1cc(C(=O)N[C@H]2CCCNC2)c2c(C)[nH]nc2n1. The molecule has 3 rings (SSSR count). The molecule has 20 heavy (non-hydrogen) atoms. The largest absolute Gasteiger partial charge is 0.348 e. The molecule has 0 aromatic carbocycles. The van der Waals surface area contributed by atoms with Crippen molar-refractivity contribution in [2.45, 2.75) is 32.7 Å². The summed E-state index contributed by atoms with van der Waals surface area (Å²) >= 11 is 0. The zero-order valence-corrected chi connectivity index (χ0v) is 11.8. The number of amides is 1. The topological polar surface area (TPSA) is 82.7 Å². The van der Waals surface area contributed by atoms with Crippen LogP contribution in [0.1, 0.15) is 34.6 Å². The maximum absolute atomic E-state index is 12.5. The van der Waals surface area contributed by atoms with Gasteiger partial charge in [-0.25, -0.2) is 4.98 Å². The quantitative estimate of drug-likeness (QED) is 0.764. The van der Waals surface area contributed by atoms with Crippen LogP contribution in [0.15, 0.2) is 6.07 Å². The Morgan fingerprint density at radius 2 is 2.30 bits per heavy atom. The minimum atomic E-state index is -0.0429. The molecule has 0 saturated carbocycles. The standard InChI is InChI=1S/C14H19N5O/c1-8-6-11(12-9(2)18-19-13(12)16-8)14(20)17-10-4-3-5-15-7-10/h6,10,15H,3-5,7H2,1-2H3,(H,17,20)(H,16,18,19)/t10-/m0/s1. The molecule has 6 nitrogen and oxygen atoms in total. The number of piperidine rings is 1. The highest BCUT2D eigenvalue weighted by atomic mass is 16.1. The van der Waals surface area contributed by atoms with Gasteiger partial charge in [0.2, 0.25) is 0 Å². The Labute approximate surface area is 117 Å². The fourth-order valence-corrected chi connectivity index (χ4v) is 2.72. The highest BCUT2D eigenvalue weighted by Crippen LogP contribution is 2.20. The maximum atomic E-state index is 12.5. The van der Waals surface area contributed by atoms with Crippen LogP contribution in [0.4, 0.5) is 0 Å². The molecule has 3 heterocycles. The van der Waals surface area contributed by atoms with Crippen LogP contribution < -0.4 is 10.6 Å². The van der Waals surface area contributed by atoms with Gasteiger partial charge in [-0.1, -0.05) is 0 Å². The molecular formula is C14H19N5O. The molecule has 3 N–H and O–H groups in total. The number of hydrogen-bond acceptors (Lipinski definition) is 4. The maximum Gasteiger partial charge on any atom is 0.252 e. The van der Waals surface area contributed by atoms with E-state index in [4.69, 9.17) is 0 Å². The number of hydrogen-bond donors (Lipinski definition) is 3. The van der Waals surface area contributed by atoms with Gasteiger partial charge in [0.25, 0.3) is 5.91 Å². The van der Waals surface area contributed by atoms with E-state index in [1.54, 1.807) is 0 Å². The minimum Gasteiger partial charge on any atom is -0.348 e. The Morgan fingerprint density at radius 1 is 1.45 bits per heavy atom. The molecular weight excluding hydrogens is 254 g/mol. The van der Waals surface area contributed by atoms with Gasteiger partial charge < -0.3 is 10.6 Å². The Kier molecular flexibility index (Phi) is 3.40. The molecule has 0 bridgehead atoms. The summed E-state index contributed by atoms with van der Waals surface area (Å²) in [7, 11) is 0. The van der Waals surface area contributed by atoms with Crippen molar-refractivity contribution in [2.75, 3.05) is 13.1 Å². The van der Waals surface area contributed by atoms with Gasteiger partial charge in [-0.05, 0) is 39.3 Å². The summed E-state index contributed by atoms with van der Waals surface area (Å²) < 4.78 is 0. The van der Waals surface area contributed by atoms with Crippen LogP contribution in [0.5, 0.6) is 0 Å². The van der Waals surface area contributed by atoms with Gasteiger partial charge in [0.05, 0.1) is 10.9 Å². The molecule has 6 heteroatoms. The molecule has 0 radical (unpaired) electrons. The van der Waals surface area contributed by atoms with Crippen LogP contribution in [-0.4, -0.2) is 40.2 Å². The smallest absolute Gasteiger partial charge is 0.252 e. The number of fused-ring (bicyclic) bond motifs is 1. The van der Waals surface area contributed by atoms with E-state index in [1.165, 1.54) is 0 Å². The van der Waals surface area contributed by atoms with Crippen molar-refractivity contribution >= 4 is 16.9 Å². The molecule has 2 aromatic heterocycles. The highest BCUT2D eigenvalue weighted by molar-refractivity contribution is 6.06. The van der Waals surface area contributed by atoms with E-state index in [0.717, 1.165) is 42.7 Å². The second-order valence-electron chi connectivity index (χ2n) is 5.38. The monoisotopic (exact) mass is 273 g/mol. The van der Waals surface area contributed by atoms with Gasteiger partial charge in [0, 0.05) is 24.0 Å². The van der Waals surface area contributed by atoms with Gasteiger partial charge in [0.1, 0.15) is 0 Å². The van der Waals surface area contributed by atoms with Gasteiger partial charge in [-0.15, -0.1) is 0 Å². The Hall–Kier alpha value is -1.95. The second kappa shape index (κ2) is 5.20. The van der Waals surface area contributed by atoms with Crippen LogP contribution in [0.25, 0.3) is 11.0 Å². The number of aromatic amines is 1. The van der Waals surface area contributed by atoms with E-state index in [0.29, 0.717) is 11.2 Å². The average Bonchev–Trinajstić information content (AvgIpc) is 2.80. The first kappa shape index (κ1) is 13.1. The first-order valence-electron chi connectivity index (χ1n) is 6.99. The van der Waals surface area contributed by atoms with Crippen molar-refractivity contribution in [3.05, 3.63) is 23.0 Å². The normalized spacial score (nSPS) is 19.2. The molecule has 0 unspecified atom stereocenters. The van der Waals surface area contributed by atoms with E-state index in [9.17, 15) is 4.79 Å². The minimum absolute atomic E-state index is 0.0429. The number of rotatable bonds is 2. The molecule has 0 aliphatic carbocycles. The predicted octanol–water partition coefficient (Wildman–Crippen LogP) is 1.06. The lowest BCUT2D eigenvalue weighted by Crippen LogP contribution is -2.45. The van der Waals surface area contributed by atoms with E-state index < -0.39 is 0 Å². The van der Waals surface area contributed by atoms with Gasteiger partial charge >= 0.3 is 0 Å². The van der Waals surface area contributed by atoms with Crippen LogP contribution in [0, 0.1) is 13.8 Å². The van der Waals surface area contributed by atoms with Gasteiger partial charge in [-0.2, -0.15) is 5.10 Å². The van der Waals surface area contributed by atoms with Crippen molar-refractivity contribution in [3.8, 4) is 0 Å². The van der Waals surface area contributed by atoms with E-state index >= 15 is 0 Å². The third-order valence-corrected chi connectivity index (χ3v) is 3.71. The summed E-state index contributed by atoms with van der Waals surface area (Å²) in [6, 6.07) is 2.03. The zero-order valence-electron chi connectivity index (χ0n) is 11.8. The summed E-state index contributed by atoms with van der Waals surface area (Å²) in [5, 5.41) is 14.3. The summed E-state index contributed by atoms with van der Waals surface area (Å²) in [4.78, 5) is 16.9. The molecule has 1 atom stereocenters. The van der Waals surface area contributed by atoms with Crippen molar-refractivity contribution < 1.29 is 4.79 Å². The summed E-state index contributed by atoms with van der Waals surface area (Å²) in [6.45, 7) is 5.66. The lowest BCUT2D eigenvalue weighted by molar-refractivity contribution is 0.0932. The number of H-pyrrole nitrogens is 1. The molecule has 0 spiro atoms. The number of aryl methyl sites for hydroxylation is 2. The Bertz CT molecular complexity index is 642.